The minimum atomic E-state index is 0.580. The topological polar surface area (TPSA) is 94.9 Å². The molecule has 0 aliphatic rings. The van der Waals surface area contributed by atoms with Crippen LogP contribution in [-0.4, -0.2) is 30.7 Å². The summed E-state index contributed by atoms with van der Waals surface area (Å²) in [7, 11) is 0. The van der Waals surface area contributed by atoms with E-state index in [9.17, 15) is 0 Å². The molecule has 2 N–H and O–H groups in total. The van der Waals surface area contributed by atoms with Crippen LogP contribution in [0.2, 0.25) is 0 Å². The van der Waals surface area contributed by atoms with Gasteiger partial charge in [-0.05, 0) is 42.8 Å². The Morgan fingerprint density at radius 1 is 1.17 bits per heavy atom. The standard InChI is InChI=1S/C17H15N7/c1-11(21-18)14-6-7-16-17(20-14)24(23-22-16)10-12-4-5-15-13(9-12)3-2-8-19-15/h2-9H,10,18H2,1H3. The second kappa shape index (κ2) is 5.69. The summed E-state index contributed by atoms with van der Waals surface area (Å²) in [6.07, 6.45) is 1.79. The lowest BCUT2D eigenvalue weighted by Crippen LogP contribution is -2.06. The summed E-state index contributed by atoms with van der Waals surface area (Å²) in [5.74, 6) is 5.34. The molecule has 0 aliphatic carbocycles. The van der Waals surface area contributed by atoms with Gasteiger partial charge in [-0.3, -0.25) is 4.98 Å². The Labute approximate surface area is 137 Å². The molecule has 4 aromatic rings. The van der Waals surface area contributed by atoms with E-state index in [-0.39, 0.29) is 0 Å². The van der Waals surface area contributed by atoms with E-state index in [1.165, 1.54) is 0 Å². The highest BCUT2D eigenvalue weighted by Crippen LogP contribution is 2.16. The lowest BCUT2D eigenvalue weighted by atomic mass is 10.1. The number of nitrogens with two attached hydrogens (primary N) is 1. The van der Waals surface area contributed by atoms with Gasteiger partial charge < -0.3 is 5.84 Å². The lowest BCUT2D eigenvalue weighted by Gasteiger charge is -2.05. The molecule has 0 saturated heterocycles. The summed E-state index contributed by atoms with van der Waals surface area (Å²) in [4.78, 5) is 8.92. The molecule has 0 fully saturated rings. The largest absolute Gasteiger partial charge is 0.323 e. The van der Waals surface area contributed by atoms with Crippen LogP contribution in [0.3, 0.4) is 0 Å². The predicted octanol–water partition coefficient (Wildman–Crippen LogP) is 2.11. The molecule has 118 valence electrons. The van der Waals surface area contributed by atoms with Crippen molar-refractivity contribution in [2.45, 2.75) is 13.5 Å². The molecule has 0 aliphatic heterocycles. The molecule has 0 unspecified atom stereocenters. The zero-order valence-electron chi connectivity index (χ0n) is 13.1. The van der Waals surface area contributed by atoms with Crippen LogP contribution in [0.4, 0.5) is 0 Å². The number of hydrogen-bond acceptors (Lipinski definition) is 6. The molecule has 3 heterocycles. The third-order valence-corrected chi connectivity index (χ3v) is 3.92. The Balaban J connectivity index is 1.75. The summed E-state index contributed by atoms with van der Waals surface area (Å²) >= 11 is 0. The second-order valence-electron chi connectivity index (χ2n) is 5.53. The van der Waals surface area contributed by atoms with Crippen LogP contribution in [-0.2, 0) is 6.54 Å². The Kier molecular flexibility index (Phi) is 3.38. The van der Waals surface area contributed by atoms with Gasteiger partial charge in [-0.15, -0.1) is 5.10 Å². The van der Waals surface area contributed by atoms with Crippen molar-refractivity contribution in [1.29, 1.82) is 0 Å². The van der Waals surface area contributed by atoms with Crippen molar-refractivity contribution in [3.05, 3.63) is 59.9 Å². The van der Waals surface area contributed by atoms with E-state index in [0.29, 0.717) is 17.9 Å². The number of hydrogen-bond donors (Lipinski definition) is 1. The number of rotatable bonds is 3. The number of fused-ring (bicyclic) bond motifs is 2. The number of hydrazone groups is 1. The first-order chi connectivity index (χ1) is 11.7. The zero-order chi connectivity index (χ0) is 16.5. The fraction of sp³-hybridized carbons (Fsp3) is 0.118. The van der Waals surface area contributed by atoms with Crippen LogP contribution < -0.4 is 5.84 Å². The van der Waals surface area contributed by atoms with E-state index in [4.69, 9.17) is 5.84 Å². The first-order valence-electron chi connectivity index (χ1n) is 7.53. The van der Waals surface area contributed by atoms with E-state index in [0.717, 1.165) is 27.7 Å². The maximum absolute atomic E-state index is 5.34. The molecule has 0 spiro atoms. The minimum absolute atomic E-state index is 0.580. The number of nitrogens with zero attached hydrogens (tertiary/aromatic N) is 6. The average molecular weight is 317 g/mol. The van der Waals surface area contributed by atoms with Crippen LogP contribution in [0.1, 0.15) is 18.2 Å². The van der Waals surface area contributed by atoms with Gasteiger partial charge in [-0.2, -0.15) is 5.10 Å². The molecule has 4 rings (SSSR count). The Morgan fingerprint density at radius 3 is 2.92 bits per heavy atom. The molecule has 7 nitrogen and oxygen atoms in total. The van der Waals surface area contributed by atoms with Crippen molar-refractivity contribution < 1.29 is 0 Å². The molecule has 24 heavy (non-hydrogen) atoms. The Hall–Kier alpha value is -3.35. The molecule has 7 heteroatoms. The van der Waals surface area contributed by atoms with Crippen molar-refractivity contribution in [2.75, 3.05) is 0 Å². The molecular formula is C17H15N7. The van der Waals surface area contributed by atoms with Gasteiger partial charge in [0.15, 0.2) is 5.65 Å². The van der Waals surface area contributed by atoms with E-state index in [1.807, 2.05) is 43.3 Å². The summed E-state index contributed by atoms with van der Waals surface area (Å²) in [6.45, 7) is 2.40. The van der Waals surface area contributed by atoms with E-state index >= 15 is 0 Å². The minimum Gasteiger partial charge on any atom is -0.323 e. The summed E-state index contributed by atoms with van der Waals surface area (Å²) in [5.41, 5.74) is 4.92. The summed E-state index contributed by atoms with van der Waals surface area (Å²) in [6, 6.07) is 13.8. The summed E-state index contributed by atoms with van der Waals surface area (Å²) < 4.78 is 1.78. The maximum Gasteiger partial charge on any atom is 0.179 e. The molecule has 0 radical (unpaired) electrons. The van der Waals surface area contributed by atoms with Crippen molar-refractivity contribution in [1.82, 2.24) is 25.0 Å². The van der Waals surface area contributed by atoms with Crippen LogP contribution in [0, 0.1) is 0 Å². The van der Waals surface area contributed by atoms with Gasteiger partial charge in [-0.25, -0.2) is 9.67 Å². The first kappa shape index (κ1) is 14.3. The number of aromatic nitrogens is 5. The quantitative estimate of drug-likeness (QED) is 0.355. The van der Waals surface area contributed by atoms with Gasteiger partial charge in [0.05, 0.1) is 23.5 Å². The fourth-order valence-corrected chi connectivity index (χ4v) is 2.62. The van der Waals surface area contributed by atoms with Crippen molar-refractivity contribution >= 4 is 27.8 Å². The molecule has 0 atom stereocenters. The van der Waals surface area contributed by atoms with E-state index in [2.05, 4.69) is 31.4 Å². The third-order valence-electron chi connectivity index (χ3n) is 3.92. The maximum atomic E-state index is 5.34. The van der Waals surface area contributed by atoms with Crippen LogP contribution in [0.15, 0.2) is 53.8 Å². The predicted molar refractivity (Wildman–Crippen MR) is 92.6 cm³/mol. The van der Waals surface area contributed by atoms with Crippen molar-refractivity contribution in [3.8, 4) is 0 Å². The van der Waals surface area contributed by atoms with Crippen LogP contribution in [0.25, 0.3) is 22.1 Å². The monoisotopic (exact) mass is 317 g/mol. The molecule has 0 bridgehead atoms. The van der Waals surface area contributed by atoms with Gasteiger partial charge in [0, 0.05) is 11.6 Å². The zero-order valence-corrected chi connectivity index (χ0v) is 13.1. The van der Waals surface area contributed by atoms with E-state index < -0.39 is 0 Å². The van der Waals surface area contributed by atoms with E-state index in [1.54, 1.807) is 10.9 Å². The number of benzene rings is 1. The van der Waals surface area contributed by atoms with Gasteiger partial charge in [-0.1, -0.05) is 17.3 Å². The van der Waals surface area contributed by atoms with Crippen molar-refractivity contribution in [3.63, 3.8) is 0 Å². The lowest BCUT2D eigenvalue weighted by molar-refractivity contribution is 0.664. The third kappa shape index (κ3) is 2.45. The fourth-order valence-electron chi connectivity index (χ4n) is 2.62. The Bertz CT molecular complexity index is 1060. The SMILES string of the molecule is CC(=NN)c1ccc2nnn(Cc3ccc4ncccc4c3)c2n1. The molecule has 1 aromatic carbocycles. The summed E-state index contributed by atoms with van der Waals surface area (Å²) in [5, 5.41) is 13.2. The van der Waals surface area contributed by atoms with Crippen LogP contribution >= 0.6 is 0 Å². The van der Waals surface area contributed by atoms with Crippen molar-refractivity contribution in [2.24, 2.45) is 10.9 Å². The second-order valence-corrected chi connectivity index (χ2v) is 5.53. The normalized spacial score (nSPS) is 12.1. The highest BCUT2D eigenvalue weighted by molar-refractivity contribution is 5.98. The van der Waals surface area contributed by atoms with Gasteiger partial charge >= 0.3 is 0 Å². The number of pyridine rings is 2. The first-order valence-corrected chi connectivity index (χ1v) is 7.53. The highest BCUT2D eigenvalue weighted by atomic mass is 15.4. The van der Waals surface area contributed by atoms with Gasteiger partial charge in [0.1, 0.15) is 5.52 Å². The molecule has 0 saturated carbocycles. The smallest absolute Gasteiger partial charge is 0.179 e. The molecule has 3 aromatic heterocycles. The van der Waals surface area contributed by atoms with Gasteiger partial charge in [0.25, 0.3) is 0 Å². The van der Waals surface area contributed by atoms with Gasteiger partial charge in [0.2, 0.25) is 0 Å². The average Bonchev–Trinajstić information content (AvgIpc) is 3.03. The van der Waals surface area contributed by atoms with Crippen LogP contribution in [0.5, 0.6) is 0 Å². The Morgan fingerprint density at radius 2 is 2.04 bits per heavy atom. The molecular weight excluding hydrogens is 302 g/mol. The highest BCUT2D eigenvalue weighted by Gasteiger charge is 2.09. The molecule has 0 amide bonds.